The van der Waals surface area contributed by atoms with Gasteiger partial charge in [0.05, 0.1) is 12.8 Å². The van der Waals surface area contributed by atoms with E-state index < -0.39 is 17.8 Å². The minimum absolute atomic E-state index is 0.214. The van der Waals surface area contributed by atoms with Crippen molar-refractivity contribution in [1.82, 2.24) is 5.32 Å². The first-order valence-electron chi connectivity index (χ1n) is 12.6. The number of benzene rings is 4. The zero-order valence-electron chi connectivity index (χ0n) is 21.9. The van der Waals surface area contributed by atoms with Crippen molar-refractivity contribution >= 4 is 52.2 Å². The van der Waals surface area contributed by atoms with Crippen molar-refractivity contribution < 1.29 is 28.2 Å². The Balaban J connectivity index is 1.38. The van der Waals surface area contributed by atoms with Crippen molar-refractivity contribution in [3.8, 4) is 11.5 Å². The van der Waals surface area contributed by atoms with E-state index in [1.807, 2.05) is 30.3 Å². The van der Waals surface area contributed by atoms with Crippen LogP contribution >= 0.6 is 22.6 Å². The zero-order valence-corrected chi connectivity index (χ0v) is 24.1. The number of hydrogen-bond acceptors (Lipinski definition) is 5. The van der Waals surface area contributed by atoms with Crippen molar-refractivity contribution in [3.63, 3.8) is 0 Å². The monoisotopic (exact) mass is 662 g/mol. The molecular formula is C32H24FIN2O5. The van der Waals surface area contributed by atoms with Gasteiger partial charge in [-0.1, -0.05) is 48.5 Å². The summed E-state index contributed by atoms with van der Waals surface area (Å²) in [6, 6.07) is 25.2. The van der Waals surface area contributed by atoms with Gasteiger partial charge >= 0.3 is 6.03 Å². The molecule has 1 aliphatic rings. The first-order chi connectivity index (χ1) is 19.8. The lowest BCUT2D eigenvalue weighted by Gasteiger charge is -2.26. The molecular weight excluding hydrogens is 638 g/mol. The Morgan fingerprint density at radius 1 is 0.927 bits per heavy atom. The van der Waals surface area contributed by atoms with Crippen LogP contribution in [0.4, 0.5) is 14.9 Å². The number of barbiturate groups is 1. The molecule has 9 heteroatoms. The summed E-state index contributed by atoms with van der Waals surface area (Å²) in [5.74, 6) is -0.840. The smallest absolute Gasteiger partial charge is 0.335 e. The van der Waals surface area contributed by atoms with Crippen molar-refractivity contribution in [2.45, 2.75) is 13.0 Å². The number of carbonyl (C=O) groups is 3. The lowest BCUT2D eigenvalue weighted by molar-refractivity contribution is -0.122. The molecule has 0 saturated carbocycles. The van der Waals surface area contributed by atoms with Gasteiger partial charge in [0.15, 0.2) is 0 Å². The van der Waals surface area contributed by atoms with Gasteiger partial charge in [0.1, 0.15) is 29.5 Å². The third-order valence-corrected chi connectivity index (χ3v) is 7.44. The van der Waals surface area contributed by atoms with Crippen LogP contribution in [-0.2, 0) is 22.6 Å². The molecule has 0 bridgehead atoms. The highest BCUT2D eigenvalue weighted by molar-refractivity contribution is 14.1. The molecule has 5 rings (SSSR count). The fourth-order valence-corrected chi connectivity index (χ4v) is 5.21. The van der Waals surface area contributed by atoms with Gasteiger partial charge in [-0.15, -0.1) is 0 Å². The topological polar surface area (TPSA) is 84.9 Å². The molecule has 4 aromatic rings. The maximum atomic E-state index is 14.3. The van der Waals surface area contributed by atoms with Gasteiger partial charge in [-0.25, -0.2) is 14.1 Å². The first-order valence-corrected chi connectivity index (χ1v) is 13.7. The molecule has 0 spiro atoms. The number of halogens is 2. The normalized spacial score (nSPS) is 14.3. The van der Waals surface area contributed by atoms with Gasteiger partial charge in [0.2, 0.25) is 0 Å². The van der Waals surface area contributed by atoms with Gasteiger partial charge < -0.3 is 9.47 Å². The lowest BCUT2D eigenvalue weighted by Crippen LogP contribution is -2.54. The minimum atomic E-state index is -0.845. The summed E-state index contributed by atoms with van der Waals surface area (Å²) in [6.07, 6.45) is 1.71. The first kappa shape index (κ1) is 28.0. The second-order valence-electron chi connectivity index (χ2n) is 9.18. The van der Waals surface area contributed by atoms with Crippen LogP contribution in [0.5, 0.6) is 11.5 Å². The van der Waals surface area contributed by atoms with E-state index in [1.54, 1.807) is 54.6 Å². The number of rotatable bonds is 8. The molecule has 1 heterocycles. The quantitative estimate of drug-likeness (QED) is 0.137. The second-order valence-corrected chi connectivity index (χ2v) is 10.3. The molecule has 0 radical (unpaired) electrons. The Hall–Kier alpha value is -4.51. The van der Waals surface area contributed by atoms with Crippen molar-refractivity contribution in [1.29, 1.82) is 0 Å². The Morgan fingerprint density at radius 3 is 2.34 bits per heavy atom. The van der Waals surface area contributed by atoms with Crippen molar-refractivity contribution in [2.75, 3.05) is 12.0 Å². The fourth-order valence-electron chi connectivity index (χ4n) is 4.39. The third kappa shape index (κ3) is 6.30. The molecule has 0 atom stereocenters. The van der Waals surface area contributed by atoms with E-state index in [2.05, 4.69) is 27.9 Å². The lowest BCUT2D eigenvalue weighted by atomic mass is 10.00. The number of nitrogens with one attached hydrogen (secondary N) is 1. The summed E-state index contributed by atoms with van der Waals surface area (Å²) in [4.78, 5) is 39.7. The fraction of sp³-hybridized carbons (Fsp3) is 0.0938. The van der Waals surface area contributed by atoms with Gasteiger partial charge in [-0.3, -0.25) is 14.9 Å². The number of imide groups is 2. The molecule has 0 unspecified atom stereocenters. The second kappa shape index (κ2) is 12.3. The van der Waals surface area contributed by atoms with Gasteiger partial charge in [-0.05, 0) is 87.8 Å². The number of urea groups is 1. The van der Waals surface area contributed by atoms with Crippen LogP contribution in [0.3, 0.4) is 0 Å². The molecule has 1 fully saturated rings. The number of ether oxygens (including phenoxy) is 2. The summed E-state index contributed by atoms with van der Waals surface area (Å²) in [5, 5.41) is 2.24. The van der Waals surface area contributed by atoms with Crippen LogP contribution in [0.15, 0.2) is 96.6 Å². The summed E-state index contributed by atoms with van der Waals surface area (Å²) in [7, 11) is 1.50. The number of amides is 4. The number of methoxy groups -OCH3 is 1. The summed E-state index contributed by atoms with van der Waals surface area (Å²) < 4.78 is 26.4. The van der Waals surface area contributed by atoms with Crippen LogP contribution in [-0.4, -0.2) is 25.0 Å². The van der Waals surface area contributed by atoms with Gasteiger partial charge in [0, 0.05) is 15.6 Å². The van der Waals surface area contributed by atoms with E-state index in [-0.39, 0.29) is 17.1 Å². The molecule has 4 aromatic carbocycles. The van der Waals surface area contributed by atoms with E-state index in [0.29, 0.717) is 35.7 Å². The van der Waals surface area contributed by atoms with Crippen LogP contribution in [0, 0.1) is 9.39 Å². The molecule has 1 aliphatic heterocycles. The highest BCUT2D eigenvalue weighted by atomic mass is 127. The number of anilines is 1. The average molecular weight is 662 g/mol. The van der Waals surface area contributed by atoms with Crippen LogP contribution < -0.4 is 19.7 Å². The number of carbonyl (C=O) groups excluding carboxylic acids is 3. The Labute approximate surface area is 249 Å². The molecule has 0 aromatic heterocycles. The average Bonchev–Trinajstić information content (AvgIpc) is 2.97. The Morgan fingerprint density at radius 2 is 1.63 bits per heavy atom. The van der Waals surface area contributed by atoms with E-state index in [0.717, 1.165) is 19.6 Å². The van der Waals surface area contributed by atoms with E-state index >= 15 is 0 Å². The standard InChI is InChI=1S/C32H24FIN2O5/c1-40-29-17-21(16-28(34)25(29)18-22-9-5-6-10-27(22)33)15-26-30(37)35-32(39)36(31(26)38)23-11-13-24(14-12-23)41-19-20-7-3-2-4-8-20/h2-17H,18-19H2,1H3,(H,35,37,39)/b26-15+. The largest absolute Gasteiger partial charge is 0.496 e. The predicted molar refractivity (Wildman–Crippen MR) is 161 cm³/mol. The molecule has 0 aliphatic carbocycles. The van der Waals surface area contributed by atoms with E-state index in [9.17, 15) is 18.8 Å². The Bertz CT molecular complexity index is 1650. The van der Waals surface area contributed by atoms with Crippen LogP contribution in [0.25, 0.3) is 6.08 Å². The van der Waals surface area contributed by atoms with Gasteiger partial charge in [-0.2, -0.15) is 0 Å². The molecule has 7 nitrogen and oxygen atoms in total. The van der Waals surface area contributed by atoms with Crippen LogP contribution in [0.1, 0.15) is 22.3 Å². The summed E-state index contributed by atoms with van der Waals surface area (Å²) >= 11 is 2.11. The predicted octanol–water partition coefficient (Wildman–Crippen LogP) is 6.28. The zero-order chi connectivity index (χ0) is 28.9. The summed E-state index contributed by atoms with van der Waals surface area (Å²) in [5.41, 5.74) is 2.87. The van der Waals surface area contributed by atoms with Crippen molar-refractivity contribution in [3.05, 3.63) is 128 Å². The number of hydrogen-bond donors (Lipinski definition) is 1. The molecule has 1 N–H and O–H groups in total. The van der Waals surface area contributed by atoms with Crippen molar-refractivity contribution in [2.24, 2.45) is 0 Å². The Kier molecular flexibility index (Phi) is 8.44. The number of nitrogens with zero attached hydrogens (tertiary/aromatic N) is 1. The molecule has 4 amide bonds. The molecule has 41 heavy (non-hydrogen) atoms. The van der Waals surface area contributed by atoms with Gasteiger partial charge in [0.25, 0.3) is 11.8 Å². The highest BCUT2D eigenvalue weighted by Gasteiger charge is 2.37. The maximum absolute atomic E-state index is 14.3. The maximum Gasteiger partial charge on any atom is 0.335 e. The van der Waals surface area contributed by atoms with Crippen LogP contribution in [0.2, 0.25) is 0 Å². The SMILES string of the molecule is COc1cc(/C=C2\C(=O)NC(=O)N(c3ccc(OCc4ccccc4)cc3)C2=O)cc(I)c1Cc1ccccc1F. The molecule has 1 saturated heterocycles. The van der Waals surface area contributed by atoms with E-state index in [4.69, 9.17) is 9.47 Å². The summed E-state index contributed by atoms with van der Waals surface area (Å²) in [6.45, 7) is 0.367. The highest BCUT2D eigenvalue weighted by Crippen LogP contribution is 2.31. The third-order valence-electron chi connectivity index (χ3n) is 6.48. The minimum Gasteiger partial charge on any atom is -0.496 e. The molecule has 206 valence electrons. The van der Waals surface area contributed by atoms with E-state index in [1.165, 1.54) is 19.3 Å².